The third-order valence-corrected chi connectivity index (χ3v) is 4.33. The number of hydrogen-bond donors (Lipinski definition) is 2. The molecule has 0 spiro atoms. The highest BCUT2D eigenvalue weighted by molar-refractivity contribution is 9.10. The van der Waals surface area contributed by atoms with E-state index in [-0.39, 0.29) is 30.1 Å². The van der Waals surface area contributed by atoms with Gasteiger partial charge in [-0.15, -0.1) is 12.4 Å². The first-order valence-corrected chi connectivity index (χ1v) is 8.04. The van der Waals surface area contributed by atoms with E-state index in [0.29, 0.717) is 36.2 Å². The first-order chi connectivity index (χ1) is 10.5. The van der Waals surface area contributed by atoms with Crippen LogP contribution in [0, 0.1) is 11.7 Å². The van der Waals surface area contributed by atoms with Crippen LogP contribution in [0.25, 0.3) is 0 Å². The molecule has 1 aromatic carbocycles. The van der Waals surface area contributed by atoms with Gasteiger partial charge in [0.1, 0.15) is 5.82 Å². The fraction of sp³-hybridized carbons (Fsp3) is 0.467. The third-order valence-electron chi connectivity index (χ3n) is 3.69. The van der Waals surface area contributed by atoms with Crippen molar-refractivity contribution in [3.05, 3.63) is 34.1 Å². The van der Waals surface area contributed by atoms with Gasteiger partial charge in [-0.1, -0.05) is 0 Å². The van der Waals surface area contributed by atoms with Gasteiger partial charge in [-0.25, -0.2) is 4.39 Å². The molecule has 23 heavy (non-hydrogen) atoms. The molecule has 2 rings (SSSR count). The minimum absolute atomic E-state index is 0. The topological polar surface area (TPSA) is 75.4 Å². The second-order valence-electron chi connectivity index (χ2n) is 5.30. The summed E-state index contributed by atoms with van der Waals surface area (Å²) in [6.07, 6.45) is 1.50. The molecule has 3 N–H and O–H groups in total. The van der Waals surface area contributed by atoms with Gasteiger partial charge in [-0.3, -0.25) is 9.59 Å². The molecule has 1 atom stereocenters. The number of nitrogens with two attached hydrogens (primary N) is 1. The Hall–Kier alpha value is -1.18. The van der Waals surface area contributed by atoms with Crippen molar-refractivity contribution in [3.63, 3.8) is 0 Å². The predicted molar refractivity (Wildman–Crippen MR) is 92.0 cm³/mol. The van der Waals surface area contributed by atoms with E-state index in [1.54, 1.807) is 11.0 Å². The lowest BCUT2D eigenvalue weighted by Crippen LogP contribution is -2.46. The molecular formula is C15H20BrClFN3O2. The Morgan fingerprint density at radius 1 is 1.43 bits per heavy atom. The molecule has 1 aliphatic heterocycles. The van der Waals surface area contributed by atoms with E-state index in [0.717, 1.165) is 12.8 Å². The maximum atomic E-state index is 13.6. The van der Waals surface area contributed by atoms with Crippen molar-refractivity contribution in [2.24, 2.45) is 11.7 Å². The van der Waals surface area contributed by atoms with Crippen molar-refractivity contribution < 1.29 is 14.0 Å². The van der Waals surface area contributed by atoms with Gasteiger partial charge in [0, 0.05) is 31.7 Å². The van der Waals surface area contributed by atoms with E-state index in [9.17, 15) is 14.0 Å². The average Bonchev–Trinajstić information content (AvgIpc) is 2.54. The minimum Gasteiger partial charge on any atom is -0.355 e. The van der Waals surface area contributed by atoms with E-state index in [2.05, 4.69) is 21.2 Å². The Labute approximate surface area is 149 Å². The zero-order valence-corrected chi connectivity index (χ0v) is 15.0. The first-order valence-electron chi connectivity index (χ1n) is 7.25. The number of piperidine rings is 1. The molecule has 1 heterocycles. The molecule has 0 radical (unpaired) electrons. The molecule has 5 nitrogen and oxygen atoms in total. The quantitative estimate of drug-likeness (QED) is 0.799. The molecule has 0 aromatic heterocycles. The zero-order chi connectivity index (χ0) is 16.1. The Balaban J connectivity index is 0.00000264. The number of rotatable bonds is 4. The van der Waals surface area contributed by atoms with Crippen LogP contribution in [0.15, 0.2) is 22.7 Å². The number of benzene rings is 1. The fourth-order valence-corrected chi connectivity index (χ4v) is 2.77. The Kier molecular flexibility index (Phi) is 7.94. The van der Waals surface area contributed by atoms with Crippen LogP contribution in [0.5, 0.6) is 0 Å². The maximum absolute atomic E-state index is 13.6. The summed E-state index contributed by atoms with van der Waals surface area (Å²) in [7, 11) is 0. The maximum Gasteiger partial charge on any atom is 0.253 e. The van der Waals surface area contributed by atoms with Crippen molar-refractivity contribution in [1.82, 2.24) is 10.2 Å². The molecule has 0 bridgehead atoms. The molecule has 128 valence electrons. The van der Waals surface area contributed by atoms with Crippen LogP contribution in [0.2, 0.25) is 0 Å². The summed E-state index contributed by atoms with van der Waals surface area (Å²) >= 11 is 3.06. The summed E-state index contributed by atoms with van der Waals surface area (Å²) in [5.74, 6) is -1.03. The van der Waals surface area contributed by atoms with Gasteiger partial charge in [0.25, 0.3) is 5.91 Å². The van der Waals surface area contributed by atoms with Crippen LogP contribution in [0.3, 0.4) is 0 Å². The van der Waals surface area contributed by atoms with Crippen LogP contribution in [0.4, 0.5) is 4.39 Å². The number of halogens is 3. The molecule has 1 fully saturated rings. The van der Waals surface area contributed by atoms with Gasteiger partial charge in [-0.2, -0.15) is 0 Å². The molecule has 1 aromatic rings. The zero-order valence-electron chi connectivity index (χ0n) is 12.6. The Bertz CT molecular complexity index is 574. The second kappa shape index (κ2) is 9.20. The van der Waals surface area contributed by atoms with Gasteiger partial charge in [0.05, 0.1) is 10.4 Å². The van der Waals surface area contributed by atoms with E-state index < -0.39 is 5.82 Å². The molecule has 1 aliphatic rings. The molecule has 8 heteroatoms. The van der Waals surface area contributed by atoms with Crippen molar-refractivity contribution in [2.75, 3.05) is 26.2 Å². The summed E-state index contributed by atoms with van der Waals surface area (Å²) in [4.78, 5) is 26.0. The monoisotopic (exact) mass is 407 g/mol. The minimum atomic E-state index is -0.472. The van der Waals surface area contributed by atoms with E-state index in [4.69, 9.17) is 5.73 Å². The molecule has 2 amide bonds. The first kappa shape index (κ1) is 19.9. The van der Waals surface area contributed by atoms with E-state index in [1.165, 1.54) is 12.1 Å². The number of carbonyl (C=O) groups excluding carboxylic acids is 2. The summed E-state index contributed by atoms with van der Waals surface area (Å²) < 4.78 is 13.9. The summed E-state index contributed by atoms with van der Waals surface area (Å²) in [5.41, 5.74) is 5.66. The van der Waals surface area contributed by atoms with Gasteiger partial charge in [-0.05, 0) is 47.0 Å². The summed E-state index contributed by atoms with van der Waals surface area (Å²) in [6, 6.07) is 4.30. The smallest absolute Gasteiger partial charge is 0.253 e. The standard InChI is InChI=1S/C15H19BrFN3O2.ClH/c16-12-4-3-10(8-13(12)17)15(22)20-7-1-2-11(9-20)14(21)19-6-5-18;/h3-4,8,11H,1-2,5-7,9,18H2,(H,19,21);1H. The highest BCUT2D eigenvalue weighted by Crippen LogP contribution is 2.21. The highest BCUT2D eigenvalue weighted by atomic mass is 79.9. The van der Waals surface area contributed by atoms with Gasteiger partial charge < -0.3 is 16.0 Å². The SMILES string of the molecule is Cl.NCCNC(=O)C1CCCN(C(=O)c2ccc(Br)c(F)c2)C1. The number of likely N-dealkylation sites (tertiary alicyclic amines) is 1. The average molecular weight is 409 g/mol. The number of nitrogens with one attached hydrogen (secondary N) is 1. The fourth-order valence-electron chi connectivity index (χ4n) is 2.53. The number of amides is 2. The number of hydrogen-bond acceptors (Lipinski definition) is 3. The number of nitrogens with zero attached hydrogens (tertiary/aromatic N) is 1. The Morgan fingerprint density at radius 2 is 2.17 bits per heavy atom. The highest BCUT2D eigenvalue weighted by Gasteiger charge is 2.28. The van der Waals surface area contributed by atoms with Crippen LogP contribution >= 0.6 is 28.3 Å². The van der Waals surface area contributed by atoms with E-state index in [1.807, 2.05) is 0 Å². The lowest BCUT2D eigenvalue weighted by atomic mass is 9.96. The molecule has 0 saturated carbocycles. The lowest BCUT2D eigenvalue weighted by molar-refractivity contribution is -0.126. The van der Waals surface area contributed by atoms with Crippen LogP contribution in [-0.2, 0) is 4.79 Å². The van der Waals surface area contributed by atoms with E-state index >= 15 is 0 Å². The lowest BCUT2D eigenvalue weighted by Gasteiger charge is -2.32. The van der Waals surface area contributed by atoms with Gasteiger partial charge in [0.15, 0.2) is 0 Å². The molecule has 0 aliphatic carbocycles. The van der Waals surface area contributed by atoms with Crippen LogP contribution in [0.1, 0.15) is 23.2 Å². The Morgan fingerprint density at radius 3 is 2.83 bits per heavy atom. The molecular weight excluding hydrogens is 389 g/mol. The molecule has 1 saturated heterocycles. The van der Waals surface area contributed by atoms with Crippen LogP contribution < -0.4 is 11.1 Å². The van der Waals surface area contributed by atoms with Crippen molar-refractivity contribution in [1.29, 1.82) is 0 Å². The van der Waals surface area contributed by atoms with Crippen molar-refractivity contribution >= 4 is 40.2 Å². The number of carbonyl (C=O) groups is 2. The van der Waals surface area contributed by atoms with Crippen LogP contribution in [-0.4, -0.2) is 42.9 Å². The molecule has 1 unspecified atom stereocenters. The normalized spacial score (nSPS) is 17.3. The third kappa shape index (κ3) is 5.16. The van der Waals surface area contributed by atoms with Crippen molar-refractivity contribution in [2.45, 2.75) is 12.8 Å². The second-order valence-corrected chi connectivity index (χ2v) is 6.15. The largest absolute Gasteiger partial charge is 0.355 e. The summed E-state index contributed by atoms with van der Waals surface area (Å²) in [5, 5.41) is 2.75. The summed E-state index contributed by atoms with van der Waals surface area (Å²) in [6.45, 7) is 1.75. The van der Waals surface area contributed by atoms with Gasteiger partial charge >= 0.3 is 0 Å². The predicted octanol–water partition coefficient (Wildman–Crippen LogP) is 1.94. The van der Waals surface area contributed by atoms with Gasteiger partial charge in [0.2, 0.25) is 5.91 Å². The van der Waals surface area contributed by atoms with Crippen molar-refractivity contribution in [3.8, 4) is 0 Å².